The quantitative estimate of drug-likeness (QED) is 0.825. The molecule has 2 heterocycles. The van der Waals surface area contributed by atoms with E-state index in [4.69, 9.17) is 14.9 Å². The van der Waals surface area contributed by atoms with Crippen LogP contribution in [0.3, 0.4) is 0 Å². The summed E-state index contributed by atoms with van der Waals surface area (Å²) in [6.45, 7) is 3.30. The highest BCUT2D eigenvalue weighted by Gasteiger charge is 2.32. The Kier molecular flexibility index (Phi) is 5.76. The van der Waals surface area contributed by atoms with Gasteiger partial charge in [0.05, 0.1) is 12.2 Å². The standard InChI is InChI=1S/C18H23FN4O3.ClH/c1-10(11-2-4-13(20)5-3-11)23-6-7-25-16-14(19)8-12(9-15(16)23)17-21-22-18(24)26-17;/h8-11,13H,2-7,20H2,1H3,(H,22,24);1H/t10-,11?,13?;/m0./s1. The summed E-state index contributed by atoms with van der Waals surface area (Å²) in [6, 6.07) is 3.60. The second-order valence-electron chi connectivity index (χ2n) is 7.18. The summed E-state index contributed by atoms with van der Waals surface area (Å²) < 4.78 is 25.2. The van der Waals surface area contributed by atoms with Gasteiger partial charge < -0.3 is 19.8 Å². The van der Waals surface area contributed by atoms with Crippen LogP contribution in [-0.4, -0.2) is 35.4 Å². The van der Waals surface area contributed by atoms with E-state index in [9.17, 15) is 9.18 Å². The van der Waals surface area contributed by atoms with Gasteiger partial charge in [0.25, 0.3) is 0 Å². The minimum Gasteiger partial charge on any atom is -0.486 e. The highest BCUT2D eigenvalue weighted by Crippen LogP contribution is 2.41. The summed E-state index contributed by atoms with van der Waals surface area (Å²) in [5.74, 6) is -0.324. The molecule has 9 heteroatoms. The molecule has 1 saturated carbocycles. The monoisotopic (exact) mass is 398 g/mol. The number of fused-ring (bicyclic) bond motifs is 1. The van der Waals surface area contributed by atoms with Gasteiger partial charge in [0.1, 0.15) is 6.61 Å². The number of hydrogen-bond donors (Lipinski definition) is 2. The molecule has 148 valence electrons. The Morgan fingerprint density at radius 2 is 2.07 bits per heavy atom. The number of aromatic amines is 1. The van der Waals surface area contributed by atoms with Gasteiger partial charge in [0, 0.05) is 17.6 Å². The smallest absolute Gasteiger partial charge is 0.434 e. The van der Waals surface area contributed by atoms with E-state index in [1.807, 2.05) is 0 Å². The second-order valence-corrected chi connectivity index (χ2v) is 7.18. The highest BCUT2D eigenvalue weighted by atomic mass is 35.5. The summed E-state index contributed by atoms with van der Waals surface area (Å²) in [5, 5.41) is 6.01. The van der Waals surface area contributed by atoms with Crippen molar-refractivity contribution in [2.24, 2.45) is 11.7 Å². The minimum absolute atomic E-state index is 0. The fourth-order valence-corrected chi connectivity index (χ4v) is 4.08. The van der Waals surface area contributed by atoms with Gasteiger partial charge in [-0.25, -0.2) is 14.3 Å². The first-order chi connectivity index (χ1) is 12.5. The maximum Gasteiger partial charge on any atom is 0.434 e. The Labute approximate surface area is 162 Å². The van der Waals surface area contributed by atoms with Crippen LogP contribution in [0, 0.1) is 11.7 Å². The molecule has 2 aliphatic rings. The van der Waals surface area contributed by atoms with Gasteiger partial charge >= 0.3 is 5.76 Å². The number of hydrogen-bond acceptors (Lipinski definition) is 6. The Hall–Kier alpha value is -2.06. The van der Waals surface area contributed by atoms with Crippen molar-refractivity contribution >= 4 is 18.1 Å². The molecule has 1 aromatic heterocycles. The third-order valence-electron chi connectivity index (χ3n) is 5.59. The Balaban J connectivity index is 0.00000210. The average molecular weight is 399 g/mol. The van der Waals surface area contributed by atoms with Crippen LogP contribution in [0.15, 0.2) is 21.3 Å². The molecule has 0 spiro atoms. The first-order valence-corrected chi connectivity index (χ1v) is 9.07. The topological polar surface area (TPSA) is 97.4 Å². The van der Waals surface area contributed by atoms with E-state index in [0.717, 1.165) is 25.7 Å². The molecule has 4 rings (SSSR count). The molecule has 0 bridgehead atoms. The molecule has 1 atom stereocenters. The zero-order valence-electron chi connectivity index (χ0n) is 15.1. The average Bonchev–Trinajstić information content (AvgIpc) is 3.08. The number of H-pyrrole nitrogens is 1. The largest absolute Gasteiger partial charge is 0.486 e. The number of anilines is 1. The molecule has 1 fully saturated rings. The predicted octanol–water partition coefficient (Wildman–Crippen LogP) is 2.70. The van der Waals surface area contributed by atoms with Gasteiger partial charge in [0.2, 0.25) is 5.89 Å². The van der Waals surface area contributed by atoms with E-state index < -0.39 is 11.6 Å². The molecule has 1 aliphatic heterocycles. The SMILES string of the molecule is C[C@@H](C1CCC(N)CC1)N1CCOc2c(F)cc(-c3n[nH]c(=O)o3)cc21.Cl. The van der Waals surface area contributed by atoms with Crippen molar-refractivity contribution in [3.63, 3.8) is 0 Å². The highest BCUT2D eigenvalue weighted by molar-refractivity contribution is 5.85. The molecular weight excluding hydrogens is 375 g/mol. The number of nitrogens with one attached hydrogen (secondary N) is 1. The first-order valence-electron chi connectivity index (χ1n) is 9.07. The Bertz CT molecular complexity index is 847. The molecule has 0 radical (unpaired) electrons. The number of halogens is 2. The maximum atomic E-state index is 14.6. The number of benzene rings is 1. The number of ether oxygens (including phenoxy) is 1. The lowest BCUT2D eigenvalue weighted by Crippen LogP contribution is -2.45. The van der Waals surface area contributed by atoms with Crippen LogP contribution in [0.1, 0.15) is 32.6 Å². The lowest BCUT2D eigenvalue weighted by molar-refractivity contribution is 0.249. The van der Waals surface area contributed by atoms with Gasteiger partial charge in [-0.15, -0.1) is 17.5 Å². The molecule has 0 amide bonds. The van der Waals surface area contributed by atoms with Crippen LogP contribution in [0.5, 0.6) is 5.75 Å². The van der Waals surface area contributed by atoms with Crippen molar-refractivity contribution in [1.29, 1.82) is 0 Å². The van der Waals surface area contributed by atoms with Crippen molar-refractivity contribution in [3.8, 4) is 17.2 Å². The van der Waals surface area contributed by atoms with E-state index in [-0.39, 0.29) is 30.1 Å². The summed E-state index contributed by atoms with van der Waals surface area (Å²) in [6.07, 6.45) is 4.20. The Morgan fingerprint density at radius 1 is 1.33 bits per heavy atom. The third kappa shape index (κ3) is 3.82. The predicted molar refractivity (Wildman–Crippen MR) is 102 cm³/mol. The molecular formula is C18H24ClFN4O3. The van der Waals surface area contributed by atoms with Crippen molar-refractivity contribution < 1.29 is 13.5 Å². The fourth-order valence-electron chi connectivity index (χ4n) is 4.08. The van der Waals surface area contributed by atoms with E-state index in [2.05, 4.69) is 22.0 Å². The number of nitrogens with two attached hydrogens (primary N) is 1. The van der Waals surface area contributed by atoms with Crippen LogP contribution < -0.4 is 21.1 Å². The van der Waals surface area contributed by atoms with E-state index >= 15 is 0 Å². The van der Waals surface area contributed by atoms with E-state index in [1.165, 1.54) is 6.07 Å². The molecule has 3 N–H and O–H groups in total. The zero-order chi connectivity index (χ0) is 18.3. The van der Waals surface area contributed by atoms with Crippen LogP contribution in [0.25, 0.3) is 11.5 Å². The van der Waals surface area contributed by atoms with Crippen molar-refractivity contribution in [2.45, 2.75) is 44.7 Å². The zero-order valence-corrected chi connectivity index (χ0v) is 15.9. The van der Waals surface area contributed by atoms with E-state index in [1.54, 1.807) is 6.07 Å². The molecule has 0 saturated heterocycles. The Morgan fingerprint density at radius 3 is 2.74 bits per heavy atom. The lowest BCUT2D eigenvalue weighted by Gasteiger charge is -2.41. The molecule has 1 aliphatic carbocycles. The van der Waals surface area contributed by atoms with Gasteiger partial charge in [0.15, 0.2) is 11.6 Å². The normalized spacial score (nSPS) is 23.1. The first kappa shape index (κ1) is 19.7. The van der Waals surface area contributed by atoms with Gasteiger partial charge in [-0.1, -0.05) is 0 Å². The summed E-state index contributed by atoms with van der Waals surface area (Å²) in [7, 11) is 0. The molecule has 7 nitrogen and oxygen atoms in total. The van der Waals surface area contributed by atoms with Gasteiger partial charge in [-0.05, 0) is 50.7 Å². The summed E-state index contributed by atoms with van der Waals surface area (Å²) >= 11 is 0. The van der Waals surface area contributed by atoms with Gasteiger partial charge in [-0.2, -0.15) is 0 Å². The van der Waals surface area contributed by atoms with Crippen LogP contribution in [-0.2, 0) is 0 Å². The van der Waals surface area contributed by atoms with Crippen molar-refractivity contribution in [3.05, 3.63) is 28.5 Å². The molecule has 1 aromatic carbocycles. The van der Waals surface area contributed by atoms with Crippen molar-refractivity contribution in [2.75, 3.05) is 18.1 Å². The molecule has 2 aromatic rings. The van der Waals surface area contributed by atoms with Crippen LogP contribution >= 0.6 is 12.4 Å². The van der Waals surface area contributed by atoms with Crippen LogP contribution in [0.4, 0.5) is 10.1 Å². The number of nitrogens with zero attached hydrogens (tertiary/aromatic N) is 2. The minimum atomic E-state index is -0.668. The van der Waals surface area contributed by atoms with Crippen LogP contribution in [0.2, 0.25) is 0 Å². The summed E-state index contributed by atoms with van der Waals surface area (Å²) in [4.78, 5) is 13.4. The second kappa shape index (κ2) is 7.90. The van der Waals surface area contributed by atoms with Crippen molar-refractivity contribution in [1.82, 2.24) is 10.2 Å². The molecule has 27 heavy (non-hydrogen) atoms. The third-order valence-corrected chi connectivity index (χ3v) is 5.59. The summed E-state index contributed by atoms with van der Waals surface area (Å²) in [5.41, 5.74) is 7.12. The number of aromatic nitrogens is 2. The maximum absolute atomic E-state index is 14.6. The fraction of sp³-hybridized carbons (Fsp3) is 0.556. The number of rotatable bonds is 3. The molecule has 0 unspecified atom stereocenters. The van der Waals surface area contributed by atoms with Gasteiger partial charge in [-0.3, -0.25) is 0 Å². The van der Waals surface area contributed by atoms with E-state index in [0.29, 0.717) is 36.4 Å². The lowest BCUT2D eigenvalue weighted by atomic mass is 9.81.